The Morgan fingerprint density at radius 3 is 2.68 bits per heavy atom. The summed E-state index contributed by atoms with van der Waals surface area (Å²) in [6, 6.07) is 14.1. The maximum atomic E-state index is 13.2. The minimum absolute atomic E-state index is 0.00451. The van der Waals surface area contributed by atoms with Crippen LogP contribution in [0.25, 0.3) is 0 Å². The minimum Gasteiger partial charge on any atom is -0.496 e. The number of hydrogen-bond donors (Lipinski definition) is 0. The lowest BCUT2D eigenvalue weighted by Gasteiger charge is -2.38. The second-order valence-electron chi connectivity index (χ2n) is 8.27. The molecule has 0 saturated carbocycles. The van der Waals surface area contributed by atoms with Gasteiger partial charge in [0.05, 0.1) is 18.7 Å². The summed E-state index contributed by atoms with van der Waals surface area (Å²) < 4.78 is 11.2. The molecule has 0 radical (unpaired) electrons. The van der Waals surface area contributed by atoms with Crippen LogP contribution in [0.5, 0.6) is 5.75 Å². The number of carbonyl (C=O) groups excluding carboxylic acids is 2. The molecule has 0 aromatic heterocycles. The Morgan fingerprint density at radius 1 is 1.16 bits per heavy atom. The van der Waals surface area contributed by atoms with E-state index in [1.54, 1.807) is 18.9 Å². The summed E-state index contributed by atoms with van der Waals surface area (Å²) in [7, 11) is 1.59. The summed E-state index contributed by atoms with van der Waals surface area (Å²) in [5.74, 6) is 0.587. The molecule has 31 heavy (non-hydrogen) atoms. The largest absolute Gasteiger partial charge is 0.496 e. The molecule has 6 nitrogen and oxygen atoms in total. The van der Waals surface area contributed by atoms with E-state index in [0.717, 1.165) is 24.2 Å². The quantitative estimate of drug-likeness (QED) is 0.672. The average Bonchev–Trinajstić information content (AvgIpc) is 3.32. The van der Waals surface area contributed by atoms with Gasteiger partial charge in [-0.15, -0.1) is 11.8 Å². The topological polar surface area (TPSA) is 59.1 Å². The van der Waals surface area contributed by atoms with Gasteiger partial charge in [-0.05, 0) is 48.4 Å². The number of ether oxygens (including phenoxy) is 2. The van der Waals surface area contributed by atoms with Gasteiger partial charge in [0.1, 0.15) is 11.9 Å². The van der Waals surface area contributed by atoms with Crippen molar-refractivity contribution in [1.82, 2.24) is 9.80 Å². The molecule has 7 heteroatoms. The summed E-state index contributed by atoms with van der Waals surface area (Å²) >= 11 is 1.62. The van der Waals surface area contributed by atoms with Crippen molar-refractivity contribution in [2.75, 3.05) is 26.5 Å². The molecule has 162 valence electrons. The molecule has 2 heterocycles. The van der Waals surface area contributed by atoms with E-state index in [9.17, 15) is 9.59 Å². The molecule has 5 rings (SSSR count). The summed E-state index contributed by atoms with van der Waals surface area (Å²) in [5, 5.41) is 0. The normalized spacial score (nSPS) is 22.8. The van der Waals surface area contributed by atoms with Crippen LogP contribution in [0.4, 0.5) is 4.79 Å². The van der Waals surface area contributed by atoms with Crippen LogP contribution in [0.2, 0.25) is 0 Å². The number of fused-ring (bicyclic) bond motifs is 3. The molecule has 0 N–H and O–H groups in total. The van der Waals surface area contributed by atoms with E-state index in [-0.39, 0.29) is 30.2 Å². The number of amides is 2. The highest BCUT2D eigenvalue weighted by molar-refractivity contribution is 7.98. The highest BCUT2D eigenvalue weighted by Crippen LogP contribution is 2.44. The molecular weight excluding hydrogens is 412 g/mol. The first-order chi connectivity index (χ1) is 15.1. The molecule has 0 unspecified atom stereocenters. The van der Waals surface area contributed by atoms with E-state index >= 15 is 0 Å². The third-order valence-corrected chi connectivity index (χ3v) is 7.42. The molecule has 2 aromatic carbocycles. The van der Waals surface area contributed by atoms with Crippen LogP contribution in [0.1, 0.15) is 40.4 Å². The average molecular weight is 439 g/mol. The van der Waals surface area contributed by atoms with E-state index in [1.165, 1.54) is 11.1 Å². The fraction of sp³-hybridized carbons (Fsp3) is 0.417. The van der Waals surface area contributed by atoms with E-state index in [4.69, 9.17) is 9.47 Å². The molecule has 2 aromatic rings. The van der Waals surface area contributed by atoms with Crippen LogP contribution >= 0.6 is 11.8 Å². The van der Waals surface area contributed by atoms with E-state index in [0.29, 0.717) is 24.4 Å². The molecule has 2 aliphatic heterocycles. The monoisotopic (exact) mass is 438 g/mol. The standard InChI is InChI=1S/C24H26N2O4S/c1-29-20-14-17(31-2)7-8-19(20)23(27)25-11-9-16(10-12-25)26-22-18-6-4-3-5-15(18)13-21(22)30-24(26)28/h3-8,14,16,21-22H,9-13H2,1-2H3/t21-,22+/m0/s1. The first-order valence-electron chi connectivity index (χ1n) is 10.7. The van der Waals surface area contributed by atoms with Gasteiger partial charge in [0.2, 0.25) is 0 Å². The predicted molar refractivity (Wildman–Crippen MR) is 119 cm³/mol. The Morgan fingerprint density at radius 2 is 1.94 bits per heavy atom. The van der Waals surface area contributed by atoms with Crippen molar-refractivity contribution in [2.45, 2.75) is 42.3 Å². The maximum Gasteiger partial charge on any atom is 0.411 e. The summed E-state index contributed by atoms with van der Waals surface area (Å²) in [4.78, 5) is 30.7. The Labute approximate surface area is 186 Å². The van der Waals surface area contributed by atoms with Crippen molar-refractivity contribution < 1.29 is 19.1 Å². The second kappa shape index (κ2) is 8.11. The van der Waals surface area contributed by atoms with Crippen LogP contribution in [0, 0.1) is 0 Å². The number of piperidine rings is 1. The molecular formula is C24H26N2O4S. The molecule has 2 fully saturated rings. The fourth-order valence-corrected chi connectivity index (χ4v) is 5.57. The van der Waals surface area contributed by atoms with Gasteiger partial charge in [-0.25, -0.2) is 4.79 Å². The number of benzene rings is 2. The van der Waals surface area contributed by atoms with Crippen molar-refractivity contribution in [3.05, 3.63) is 59.2 Å². The Balaban J connectivity index is 1.30. The zero-order valence-electron chi connectivity index (χ0n) is 17.7. The zero-order valence-corrected chi connectivity index (χ0v) is 18.6. The van der Waals surface area contributed by atoms with E-state index < -0.39 is 0 Å². The number of nitrogens with zero attached hydrogens (tertiary/aromatic N) is 2. The molecule has 2 atom stereocenters. The summed E-state index contributed by atoms with van der Waals surface area (Å²) in [6.07, 6.45) is 3.96. The van der Waals surface area contributed by atoms with Crippen molar-refractivity contribution in [3.63, 3.8) is 0 Å². The lowest BCUT2D eigenvalue weighted by molar-refractivity contribution is 0.0633. The molecule has 0 spiro atoms. The van der Waals surface area contributed by atoms with Gasteiger partial charge in [0, 0.05) is 30.4 Å². The molecule has 2 amide bonds. The van der Waals surface area contributed by atoms with Crippen LogP contribution in [0.15, 0.2) is 47.4 Å². The highest BCUT2D eigenvalue weighted by Gasteiger charge is 2.50. The number of carbonyl (C=O) groups is 2. The number of methoxy groups -OCH3 is 1. The Hall–Kier alpha value is -2.67. The third-order valence-electron chi connectivity index (χ3n) is 6.69. The first-order valence-corrected chi connectivity index (χ1v) is 11.9. The smallest absolute Gasteiger partial charge is 0.411 e. The zero-order chi connectivity index (χ0) is 21.5. The minimum atomic E-state index is -0.219. The number of rotatable bonds is 4. The van der Waals surface area contributed by atoms with Gasteiger partial charge in [0.15, 0.2) is 0 Å². The molecule has 3 aliphatic rings. The Kier molecular flexibility index (Phi) is 5.30. The van der Waals surface area contributed by atoms with Crippen LogP contribution < -0.4 is 4.74 Å². The molecule has 0 bridgehead atoms. The van der Waals surface area contributed by atoms with Gasteiger partial charge in [0.25, 0.3) is 5.91 Å². The lowest BCUT2D eigenvalue weighted by Crippen LogP contribution is -2.47. The SMILES string of the molecule is COc1cc(SC)ccc1C(=O)N1CCC(N2C(=O)O[C@H]3Cc4ccccc4[C@H]32)CC1. The number of likely N-dealkylation sites (tertiary alicyclic amines) is 1. The third kappa shape index (κ3) is 3.45. The van der Waals surface area contributed by atoms with Gasteiger partial charge < -0.3 is 14.4 Å². The summed E-state index contributed by atoms with van der Waals surface area (Å²) in [6.45, 7) is 1.22. The molecule has 2 saturated heterocycles. The maximum absolute atomic E-state index is 13.2. The Bertz CT molecular complexity index is 1020. The fourth-order valence-electron chi connectivity index (χ4n) is 5.15. The van der Waals surface area contributed by atoms with Gasteiger partial charge in [-0.1, -0.05) is 24.3 Å². The van der Waals surface area contributed by atoms with Crippen LogP contribution in [-0.4, -0.2) is 60.4 Å². The lowest BCUT2D eigenvalue weighted by atomic mass is 9.98. The van der Waals surface area contributed by atoms with Crippen molar-refractivity contribution in [2.24, 2.45) is 0 Å². The number of hydrogen-bond acceptors (Lipinski definition) is 5. The van der Waals surface area contributed by atoms with Crippen LogP contribution in [-0.2, 0) is 11.2 Å². The van der Waals surface area contributed by atoms with Crippen molar-refractivity contribution in [1.29, 1.82) is 0 Å². The van der Waals surface area contributed by atoms with Gasteiger partial charge >= 0.3 is 6.09 Å². The van der Waals surface area contributed by atoms with Gasteiger partial charge in [-0.2, -0.15) is 0 Å². The van der Waals surface area contributed by atoms with E-state index in [2.05, 4.69) is 12.1 Å². The summed E-state index contributed by atoms with van der Waals surface area (Å²) in [5.41, 5.74) is 3.06. The number of thioether (sulfide) groups is 1. The second-order valence-corrected chi connectivity index (χ2v) is 9.15. The predicted octanol–water partition coefficient (Wildman–Crippen LogP) is 4.14. The van der Waals surface area contributed by atoms with E-state index in [1.807, 2.05) is 46.4 Å². The van der Waals surface area contributed by atoms with Gasteiger partial charge in [-0.3, -0.25) is 9.69 Å². The molecule has 1 aliphatic carbocycles. The first kappa shape index (κ1) is 20.2. The van der Waals surface area contributed by atoms with Crippen molar-refractivity contribution >= 4 is 23.8 Å². The highest BCUT2D eigenvalue weighted by atomic mass is 32.2. The van der Waals surface area contributed by atoms with Crippen molar-refractivity contribution in [3.8, 4) is 5.75 Å². The van der Waals surface area contributed by atoms with Crippen LogP contribution in [0.3, 0.4) is 0 Å².